The zero-order valence-electron chi connectivity index (χ0n) is 6.95. The largest absolute Gasteiger partial charge is 0.369 e. The summed E-state index contributed by atoms with van der Waals surface area (Å²) in [4.78, 5) is 0. The average molecular weight is 192 g/mol. The van der Waals surface area contributed by atoms with Gasteiger partial charge in [-0.05, 0) is 6.42 Å². The van der Waals surface area contributed by atoms with Crippen LogP contribution in [0, 0.1) is 12.3 Å². The van der Waals surface area contributed by atoms with Crippen LogP contribution < -0.4 is 0 Å². The van der Waals surface area contributed by atoms with Crippen molar-refractivity contribution >= 4 is 10.1 Å². The maximum absolute atomic E-state index is 10.7. The summed E-state index contributed by atoms with van der Waals surface area (Å²) in [5, 5.41) is 0. The third kappa shape index (κ3) is 6.16. The Morgan fingerprint density at radius 1 is 1.50 bits per heavy atom. The van der Waals surface area contributed by atoms with Crippen molar-refractivity contribution in [2.45, 2.75) is 6.42 Å². The van der Waals surface area contributed by atoms with Gasteiger partial charge in [-0.15, -0.1) is 6.42 Å². The first-order valence-corrected chi connectivity index (χ1v) is 4.99. The van der Waals surface area contributed by atoms with Crippen LogP contribution in [0.25, 0.3) is 0 Å². The summed E-state index contributed by atoms with van der Waals surface area (Å²) in [6, 6.07) is 0. The maximum atomic E-state index is 10.7. The Bertz CT molecular complexity index is 237. The van der Waals surface area contributed by atoms with Gasteiger partial charge in [-0.3, -0.25) is 4.18 Å². The molecule has 0 atom stereocenters. The van der Waals surface area contributed by atoms with Crippen LogP contribution >= 0.6 is 0 Å². The summed E-state index contributed by atoms with van der Waals surface area (Å²) in [6.07, 6.45) is 5.31. The van der Waals surface area contributed by atoms with Crippen LogP contribution in [0.4, 0.5) is 0 Å². The minimum Gasteiger partial charge on any atom is -0.369 e. The third-order valence-electron chi connectivity index (χ3n) is 1.12. The number of rotatable bonds is 6. The van der Waals surface area contributed by atoms with E-state index in [0.29, 0.717) is 13.0 Å². The first-order chi connectivity index (χ1) is 5.62. The lowest BCUT2D eigenvalue weighted by atomic mass is 10.5. The topological polar surface area (TPSA) is 52.6 Å². The van der Waals surface area contributed by atoms with Crippen molar-refractivity contribution < 1.29 is 17.3 Å². The highest BCUT2D eigenvalue weighted by molar-refractivity contribution is 7.86. The highest BCUT2D eigenvalue weighted by atomic mass is 32.2. The van der Waals surface area contributed by atoms with Crippen molar-refractivity contribution in [1.82, 2.24) is 0 Å². The van der Waals surface area contributed by atoms with Crippen molar-refractivity contribution in [2.24, 2.45) is 0 Å². The number of hydrogen-bond donors (Lipinski definition) is 0. The van der Waals surface area contributed by atoms with Gasteiger partial charge in [0.05, 0.1) is 12.9 Å². The fraction of sp³-hybridized carbons (Fsp3) is 0.714. The smallest absolute Gasteiger partial charge is 0.267 e. The van der Waals surface area contributed by atoms with E-state index in [1.165, 1.54) is 0 Å². The minimum absolute atomic E-state index is 0.0337. The third-order valence-corrected chi connectivity index (χ3v) is 2.42. The lowest BCUT2D eigenvalue weighted by Gasteiger charge is -2.00. The highest BCUT2D eigenvalue weighted by Gasteiger charge is 2.06. The molecule has 0 aromatic carbocycles. The van der Waals surface area contributed by atoms with Gasteiger partial charge in [0, 0.05) is 6.61 Å². The molecule has 0 fully saturated rings. The van der Waals surface area contributed by atoms with Crippen molar-refractivity contribution in [2.75, 3.05) is 26.1 Å². The summed E-state index contributed by atoms with van der Waals surface area (Å²) < 4.78 is 30.5. The van der Waals surface area contributed by atoms with Gasteiger partial charge in [-0.2, -0.15) is 8.42 Å². The summed E-state index contributed by atoms with van der Waals surface area (Å²) >= 11 is 0. The molecule has 4 nitrogen and oxygen atoms in total. The molecular weight excluding hydrogens is 180 g/mol. The van der Waals surface area contributed by atoms with Gasteiger partial charge in [0.15, 0.2) is 0 Å². The molecular formula is C7H12O4S. The first-order valence-electron chi connectivity index (χ1n) is 3.42. The molecule has 0 aromatic heterocycles. The quantitative estimate of drug-likeness (QED) is 0.338. The second-order valence-electron chi connectivity index (χ2n) is 2.04. The molecule has 0 N–H and O–H groups in total. The maximum Gasteiger partial charge on any atom is 0.267 e. The predicted octanol–water partition coefficient (Wildman–Crippen LogP) is 0.00250. The van der Waals surface area contributed by atoms with E-state index in [4.69, 9.17) is 11.2 Å². The molecule has 0 aliphatic heterocycles. The standard InChI is InChI=1S/C7H12O4S/c1-3-5-11-6-4-7-12(8,9)10-2/h1H,4-7H2,2H3. The SMILES string of the molecule is C#CCOCCCS(=O)(=O)OC. The van der Waals surface area contributed by atoms with Crippen molar-refractivity contribution in [1.29, 1.82) is 0 Å². The molecule has 0 saturated carbocycles. The van der Waals surface area contributed by atoms with E-state index in [9.17, 15) is 8.42 Å². The lowest BCUT2D eigenvalue weighted by Crippen LogP contribution is -2.10. The minimum atomic E-state index is -3.34. The monoisotopic (exact) mass is 192 g/mol. The zero-order chi connectivity index (χ0) is 9.45. The normalized spacial score (nSPS) is 11.0. The second-order valence-corrected chi connectivity index (χ2v) is 3.90. The van der Waals surface area contributed by atoms with Gasteiger partial charge in [0.25, 0.3) is 10.1 Å². The van der Waals surface area contributed by atoms with Crippen LogP contribution in [-0.2, 0) is 19.0 Å². The fourth-order valence-electron chi connectivity index (χ4n) is 0.552. The molecule has 0 bridgehead atoms. The Morgan fingerprint density at radius 3 is 2.67 bits per heavy atom. The Kier molecular flexibility index (Phi) is 5.72. The number of terminal acetylenes is 1. The molecule has 0 saturated heterocycles. The molecule has 0 heterocycles. The van der Waals surface area contributed by atoms with Gasteiger partial charge in [0.2, 0.25) is 0 Å². The van der Waals surface area contributed by atoms with Crippen LogP contribution in [-0.4, -0.2) is 34.5 Å². The van der Waals surface area contributed by atoms with Crippen molar-refractivity contribution in [3.05, 3.63) is 0 Å². The van der Waals surface area contributed by atoms with E-state index < -0.39 is 10.1 Å². The first kappa shape index (κ1) is 11.4. The molecule has 70 valence electrons. The molecule has 0 aliphatic carbocycles. The van der Waals surface area contributed by atoms with Crippen LogP contribution in [0.3, 0.4) is 0 Å². The van der Waals surface area contributed by atoms with E-state index in [0.717, 1.165) is 7.11 Å². The molecule has 0 aromatic rings. The predicted molar refractivity (Wildman–Crippen MR) is 45.1 cm³/mol. The summed E-state index contributed by atoms with van der Waals surface area (Å²) in [7, 11) is -2.20. The summed E-state index contributed by atoms with van der Waals surface area (Å²) in [6.45, 7) is 0.555. The Labute approximate surface area is 73.0 Å². The molecule has 5 heteroatoms. The van der Waals surface area contributed by atoms with Gasteiger partial charge in [0.1, 0.15) is 6.61 Å². The molecule has 12 heavy (non-hydrogen) atoms. The average Bonchev–Trinajstić information content (AvgIpc) is 2.04. The van der Waals surface area contributed by atoms with E-state index in [2.05, 4.69) is 10.1 Å². The Hall–Kier alpha value is -0.570. The zero-order valence-corrected chi connectivity index (χ0v) is 7.76. The van der Waals surface area contributed by atoms with E-state index in [-0.39, 0.29) is 12.4 Å². The van der Waals surface area contributed by atoms with Gasteiger partial charge in [-0.25, -0.2) is 0 Å². The Balaban J connectivity index is 3.39. The van der Waals surface area contributed by atoms with E-state index in [1.807, 2.05) is 0 Å². The summed E-state index contributed by atoms with van der Waals surface area (Å²) in [5.41, 5.74) is 0. The van der Waals surface area contributed by atoms with Crippen LogP contribution in [0.5, 0.6) is 0 Å². The number of ether oxygens (including phenoxy) is 1. The Morgan fingerprint density at radius 2 is 2.17 bits per heavy atom. The van der Waals surface area contributed by atoms with E-state index in [1.54, 1.807) is 0 Å². The fourth-order valence-corrected chi connectivity index (χ4v) is 1.19. The van der Waals surface area contributed by atoms with Crippen LogP contribution in [0.1, 0.15) is 6.42 Å². The molecule has 0 spiro atoms. The van der Waals surface area contributed by atoms with Crippen LogP contribution in [0.2, 0.25) is 0 Å². The molecule has 0 unspecified atom stereocenters. The molecule has 0 rings (SSSR count). The van der Waals surface area contributed by atoms with E-state index >= 15 is 0 Å². The molecule has 0 amide bonds. The molecule has 0 aliphatic rings. The van der Waals surface area contributed by atoms with Gasteiger partial charge < -0.3 is 4.74 Å². The molecule has 0 radical (unpaired) electrons. The lowest BCUT2D eigenvalue weighted by molar-refractivity contribution is 0.168. The van der Waals surface area contributed by atoms with Gasteiger partial charge in [-0.1, -0.05) is 5.92 Å². The van der Waals surface area contributed by atoms with Crippen LogP contribution in [0.15, 0.2) is 0 Å². The highest BCUT2D eigenvalue weighted by Crippen LogP contribution is 1.93. The van der Waals surface area contributed by atoms with Gasteiger partial charge >= 0.3 is 0 Å². The summed E-state index contributed by atoms with van der Waals surface area (Å²) in [5.74, 6) is 2.24. The second kappa shape index (κ2) is 6.00. The van der Waals surface area contributed by atoms with Crippen molar-refractivity contribution in [3.8, 4) is 12.3 Å². The number of hydrogen-bond acceptors (Lipinski definition) is 4. The van der Waals surface area contributed by atoms with Crippen molar-refractivity contribution in [3.63, 3.8) is 0 Å².